The van der Waals surface area contributed by atoms with Gasteiger partial charge in [0.25, 0.3) is 5.91 Å². The molecule has 1 saturated heterocycles. The summed E-state index contributed by atoms with van der Waals surface area (Å²) in [5.41, 5.74) is 1.51. The molecule has 7 nitrogen and oxygen atoms in total. The minimum Gasteiger partial charge on any atom is -0.491 e. The topological polar surface area (TPSA) is 71.8 Å². The molecule has 3 aromatic rings. The average molecular weight is 393 g/mol. The van der Waals surface area contributed by atoms with Gasteiger partial charge in [-0.15, -0.1) is 0 Å². The fourth-order valence-corrected chi connectivity index (χ4v) is 4.96. The number of aromatic nitrogens is 3. The van der Waals surface area contributed by atoms with Crippen LogP contribution in [0.1, 0.15) is 35.7 Å². The number of fused-ring (bicyclic) bond motifs is 3. The number of ether oxygens (including phenoxy) is 1. The van der Waals surface area contributed by atoms with E-state index in [0.717, 1.165) is 30.8 Å². The third-order valence-corrected chi connectivity index (χ3v) is 6.41. The van der Waals surface area contributed by atoms with Gasteiger partial charge in [0.1, 0.15) is 29.6 Å². The van der Waals surface area contributed by atoms with Gasteiger partial charge >= 0.3 is 0 Å². The summed E-state index contributed by atoms with van der Waals surface area (Å²) in [6.07, 6.45) is 5.33. The number of hydrogen-bond acceptors (Lipinski definition) is 5. The molecule has 2 bridgehead atoms. The van der Waals surface area contributed by atoms with Gasteiger partial charge in [-0.3, -0.25) is 4.79 Å². The van der Waals surface area contributed by atoms with Crippen LogP contribution in [0.5, 0.6) is 5.75 Å². The Kier molecular flexibility index (Phi) is 3.29. The second kappa shape index (κ2) is 5.68. The van der Waals surface area contributed by atoms with E-state index in [1.54, 1.807) is 22.8 Å². The number of anilines is 1. The first-order valence-electron chi connectivity index (χ1n) is 9.92. The van der Waals surface area contributed by atoms with E-state index in [0.29, 0.717) is 29.5 Å². The molecule has 2 fully saturated rings. The highest BCUT2D eigenvalue weighted by atomic mass is 19.1. The van der Waals surface area contributed by atoms with Crippen molar-refractivity contribution in [3.63, 3.8) is 0 Å². The van der Waals surface area contributed by atoms with Gasteiger partial charge in [-0.2, -0.15) is 5.10 Å². The van der Waals surface area contributed by atoms with Crippen molar-refractivity contribution in [2.75, 3.05) is 18.1 Å². The summed E-state index contributed by atoms with van der Waals surface area (Å²) < 4.78 is 21.9. The summed E-state index contributed by atoms with van der Waals surface area (Å²) in [4.78, 5) is 19.8. The van der Waals surface area contributed by atoms with Gasteiger partial charge in [-0.25, -0.2) is 13.9 Å². The molecule has 0 radical (unpaired) electrons. The Hall–Kier alpha value is -3.16. The Morgan fingerprint density at radius 1 is 1.34 bits per heavy atom. The van der Waals surface area contributed by atoms with Crippen LogP contribution in [-0.2, 0) is 5.54 Å². The summed E-state index contributed by atoms with van der Waals surface area (Å²) in [5.74, 6) is 1.38. The van der Waals surface area contributed by atoms with Crippen LogP contribution in [0.2, 0.25) is 0 Å². The first-order chi connectivity index (χ1) is 14.1. The van der Waals surface area contributed by atoms with Gasteiger partial charge in [0, 0.05) is 18.3 Å². The fourth-order valence-electron chi connectivity index (χ4n) is 4.96. The molecule has 29 heavy (non-hydrogen) atoms. The maximum atomic E-state index is 14.3. The van der Waals surface area contributed by atoms with Crippen LogP contribution in [-0.4, -0.2) is 39.7 Å². The molecule has 0 unspecified atom stereocenters. The molecule has 1 spiro atoms. The number of rotatable bonds is 0. The molecule has 148 valence electrons. The van der Waals surface area contributed by atoms with E-state index in [2.05, 4.69) is 15.3 Å². The van der Waals surface area contributed by atoms with Gasteiger partial charge in [0.2, 0.25) is 0 Å². The highest BCUT2D eigenvalue weighted by Gasteiger charge is 2.64. The molecule has 1 aromatic carbocycles. The molecule has 2 aromatic heterocycles. The highest BCUT2D eigenvalue weighted by molar-refractivity contribution is 6.00. The molecule has 1 N–H and O–H groups in total. The first-order valence-corrected chi connectivity index (χ1v) is 9.92. The molecule has 1 aliphatic carbocycles. The van der Waals surface area contributed by atoms with Gasteiger partial charge in [-0.1, -0.05) is 0 Å². The number of halogens is 1. The van der Waals surface area contributed by atoms with Gasteiger partial charge in [0.05, 0.1) is 17.8 Å². The van der Waals surface area contributed by atoms with E-state index in [4.69, 9.17) is 9.72 Å². The van der Waals surface area contributed by atoms with Crippen LogP contribution in [0.15, 0.2) is 36.7 Å². The quantitative estimate of drug-likeness (QED) is 0.636. The number of nitrogens with one attached hydrogen (secondary N) is 1. The summed E-state index contributed by atoms with van der Waals surface area (Å²) >= 11 is 0. The second-order valence-corrected chi connectivity index (χ2v) is 8.20. The van der Waals surface area contributed by atoms with E-state index in [-0.39, 0.29) is 23.3 Å². The number of piperidine rings is 1. The van der Waals surface area contributed by atoms with Gasteiger partial charge < -0.3 is 15.0 Å². The van der Waals surface area contributed by atoms with Crippen molar-refractivity contribution < 1.29 is 13.9 Å². The van der Waals surface area contributed by atoms with Crippen LogP contribution in [0.25, 0.3) is 5.65 Å². The third-order valence-electron chi connectivity index (χ3n) is 6.41. The molecule has 8 heteroatoms. The van der Waals surface area contributed by atoms with Crippen molar-refractivity contribution >= 4 is 17.4 Å². The van der Waals surface area contributed by atoms with Crippen molar-refractivity contribution in [1.29, 1.82) is 0 Å². The molecule has 6 rings (SSSR count). The molecule has 1 amide bonds. The van der Waals surface area contributed by atoms with Crippen molar-refractivity contribution in [3.05, 3.63) is 53.6 Å². The normalized spacial score (nSPS) is 27.8. The lowest BCUT2D eigenvalue weighted by Gasteiger charge is -2.31. The predicted octanol–water partition coefficient (Wildman–Crippen LogP) is 2.50. The summed E-state index contributed by atoms with van der Waals surface area (Å²) in [6, 6.07) is 6.40. The number of carbonyl (C=O) groups is 1. The number of hydrogen-bond donors (Lipinski definition) is 1. The number of nitrogens with zero attached hydrogens (tertiary/aromatic N) is 4. The molecular weight excluding hydrogens is 373 g/mol. The molecule has 3 aliphatic rings. The molecule has 3 atom stereocenters. The number of benzene rings is 1. The minimum atomic E-state index is -0.308. The lowest BCUT2D eigenvalue weighted by molar-refractivity contribution is 0.0928. The van der Waals surface area contributed by atoms with Crippen molar-refractivity contribution in [3.8, 4) is 5.75 Å². The lowest BCUT2D eigenvalue weighted by atomic mass is 10.0. The SMILES string of the molecule is C[C@@H]1COc2ccc(F)cc2[C@@]23C[C@@H]2CCN3c2ccn3ncc(c3n2)C(=O)N1. The van der Waals surface area contributed by atoms with Crippen LogP contribution < -0.4 is 15.0 Å². The van der Waals surface area contributed by atoms with Crippen molar-refractivity contribution in [2.45, 2.75) is 31.3 Å². The first kappa shape index (κ1) is 16.8. The van der Waals surface area contributed by atoms with Crippen LogP contribution >= 0.6 is 0 Å². The number of carbonyl (C=O) groups excluding carboxylic acids is 1. The molecule has 4 heterocycles. The predicted molar refractivity (Wildman–Crippen MR) is 104 cm³/mol. The lowest BCUT2D eigenvalue weighted by Crippen LogP contribution is -2.37. The standard InChI is InChI=1S/C21H20FN5O2/c1-12-11-29-17-3-2-14(22)8-16(17)21-9-13(21)4-6-26(21)18-5-7-27-19(25-18)15(10-23-27)20(28)24-12/h2-3,5,7-8,10,12-13H,4,6,9,11H2,1H3,(H,24,28)/t12-,13+,21-/m1/s1. The Morgan fingerprint density at radius 2 is 2.24 bits per heavy atom. The van der Waals surface area contributed by atoms with Crippen LogP contribution in [0, 0.1) is 11.7 Å². The van der Waals surface area contributed by atoms with Crippen molar-refractivity contribution in [2.24, 2.45) is 5.92 Å². The number of amides is 1. The zero-order chi connectivity index (χ0) is 19.8. The Morgan fingerprint density at radius 3 is 3.10 bits per heavy atom. The van der Waals surface area contributed by atoms with Gasteiger partial charge in [-0.05, 0) is 49.9 Å². The summed E-state index contributed by atoms with van der Waals surface area (Å²) in [7, 11) is 0. The zero-order valence-corrected chi connectivity index (χ0v) is 15.9. The van der Waals surface area contributed by atoms with Crippen LogP contribution in [0.4, 0.5) is 10.2 Å². The summed E-state index contributed by atoms with van der Waals surface area (Å²) in [6.45, 7) is 3.00. The Bertz CT molecular complexity index is 1160. The monoisotopic (exact) mass is 393 g/mol. The highest BCUT2D eigenvalue weighted by Crippen LogP contribution is 2.64. The average Bonchev–Trinajstić information content (AvgIpc) is 3.09. The summed E-state index contributed by atoms with van der Waals surface area (Å²) in [5, 5.41) is 7.20. The van der Waals surface area contributed by atoms with Gasteiger partial charge in [0.15, 0.2) is 5.65 Å². The molecular formula is C21H20FN5O2. The van der Waals surface area contributed by atoms with E-state index in [9.17, 15) is 9.18 Å². The zero-order valence-electron chi connectivity index (χ0n) is 15.9. The third kappa shape index (κ3) is 2.31. The van der Waals surface area contributed by atoms with E-state index < -0.39 is 0 Å². The maximum Gasteiger partial charge on any atom is 0.257 e. The van der Waals surface area contributed by atoms with E-state index in [1.165, 1.54) is 6.07 Å². The fraction of sp³-hybridized carbons (Fsp3) is 0.381. The maximum absolute atomic E-state index is 14.3. The molecule has 1 saturated carbocycles. The van der Waals surface area contributed by atoms with Crippen molar-refractivity contribution in [1.82, 2.24) is 19.9 Å². The second-order valence-electron chi connectivity index (χ2n) is 8.20. The Balaban J connectivity index is 1.57. The van der Waals surface area contributed by atoms with E-state index in [1.807, 2.05) is 19.2 Å². The Labute approximate surface area is 166 Å². The largest absolute Gasteiger partial charge is 0.491 e. The minimum absolute atomic E-state index is 0.230. The van der Waals surface area contributed by atoms with Crippen LogP contribution in [0.3, 0.4) is 0 Å². The van der Waals surface area contributed by atoms with E-state index >= 15 is 0 Å². The smallest absolute Gasteiger partial charge is 0.257 e. The molecule has 2 aliphatic heterocycles.